The van der Waals surface area contributed by atoms with E-state index in [0.29, 0.717) is 34.6 Å². The number of hydrogen-bond acceptors (Lipinski definition) is 6. The van der Waals surface area contributed by atoms with Crippen LogP contribution in [0, 0.1) is 0 Å². The van der Waals surface area contributed by atoms with E-state index < -0.39 is 0 Å². The highest BCUT2D eigenvalue weighted by Crippen LogP contribution is 2.33. The number of thiazole rings is 1. The number of aromatic nitrogens is 1. The van der Waals surface area contributed by atoms with Gasteiger partial charge in [-0.15, -0.1) is 0 Å². The lowest BCUT2D eigenvalue weighted by Gasteiger charge is -2.09. The van der Waals surface area contributed by atoms with Crippen LogP contribution in [0.25, 0.3) is 10.2 Å². The Hall–Kier alpha value is -2.80. The summed E-state index contributed by atoms with van der Waals surface area (Å²) in [6, 6.07) is 10.8. The molecule has 0 radical (unpaired) electrons. The van der Waals surface area contributed by atoms with Crippen molar-refractivity contribution in [3.8, 4) is 17.2 Å². The minimum atomic E-state index is -0.312. The minimum absolute atomic E-state index is 0.312. The summed E-state index contributed by atoms with van der Waals surface area (Å²) in [6.07, 6.45) is 0. The lowest BCUT2D eigenvalue weighted by atomic mass is 10.2. The number of para-hydroxylation sites is 1. The Morgan fingerprint density at radius 3 is 2.72 bits per heavy atom. The van der Waals surface area contributed by atoms with Gasteiger partial charge >= 0.3 is 0 Å². The van der Waals surface area contributed by atoms with Crippen LogP contribution >= 0.6 is 11.3 Å². The number of carbonyl (C=O) groups excluding carboxylic acids is 1. The first-order chi connectivity index (χ1) is 12.2. The first kappa shape index (κ1) is 17.0. The fourth-order valence-electron chi connectivity index (χ4n) is 2.40. The molecule has 2 aromatic carbocycles. The molecule has 7 heteroatoms. The van der Waals surface area contributed by atoms with Crippen molar-refractivity contribution in [3.05, 3.63) is 42.0 Å². The molecule has 0 unspecified atom stereocenters. The predicted octanol–water partition coefficient (Wildman–Crippen LogP) is 3.96. The SMILES string of the molecule is CCOc1cccc2sc(NC(=O)c3cc(OC)ccc3OC)nc12. The van der Waals surface area contributed by atoms with E-state index in [9.17, 15) is 4.79 Å². The van der Waals surface area contributed by atoms with Crippen LogP contribution in [0.3, 0.4) is 0 Å². The maximum Gasteiger partial charge on any atom is 0.261 e. The number of nitrogens with one attached hydrogen (secondary N) is 1. The molecule has 1 N–H and O–H groups in total. The summed E-state index contributed by atoms with van der Waals surface area (Å²) in [5.41, 5.74) is 1.12. The van der Waals surface area contributed by atoms with E-state index in [4.69, 9.17) is 14.2 Å². The van der Waals surface area contributed by atoms with Gasteiger partial charge in [-0.05, 0) is 37.3 Å². The lowest BCUT2D eigenvalue weighted by Crippen LogP contribution is -2.13. The summed E-state index contributed by atoms with van der Waals surface area (Å²) >= 11 is 1.39. The van der Waals surface area contributed by atoms with E-state index in [1.54, 1.807) is 25.3 Å². The average Bonchev–Trinajstić information content (AvgIpc) is 3.04. The molecular formula is C18H18N2O4S. The Kier molecular flexibility index (Phi) is 5.04. The van der Waals surface area contributed by atoms with Crippen molar-refractivity contribution < 1.29 is 19.0 Å². The Balaban J connectivity index is 1.91. The fourth-order valence-corrected chi connectivity index (χ4v) is 3.28. The van der Waals surface area contributed by atoms with Gasteiger partial charge in [0.2, 0.25) is 0 Å². The van der Waals surface area contributed by atoms with Crippen molar-refractivity contribution in [2.24, 2.45) is 0 Å². The minimum Gasteiger partial charge on any atom is -0.497 e. The lowest BCUT2D eigenvalue weighted by molar-refractivity contribution is 0.102. The molecule has 0 saturated carbocycles. The smallest absolute Gasteiger partial charge is 0.261 e. The number of fused-ring (bicyclic) bond motifs is 1. The number of carbonyl (C=O) groups is 1. The van der Waals surface area contributed by atoms with Gasteiger partial charge in [-0.1, -0.05) is 17.4 Å². The monoisotopic (exact) mass is 358 g/mol. The molecule has 1 aromatic heterocycles. The Labute approximate surface area is 149 Å². The molecule has 3 aromatic rings. The second kappa shape index (κ2) is 7.40. The first-order valence-corrected chi connectivity index (χ1v) is 8.53. The van der Waals surface area contributed by atoms with Gasteiger partial charge in [0.05, 0.1) is 31.1 Å². The number of methoxy groups -OCH3 is 2. The topological polar surface area (TPSA) is 69.7 Å². The summed E-state index contributed by atoms with van der Waals surface area (Å²) in [5.74, 6) is 1.44. The summed E-state index contributed by atoms with van der Waals surface area (Å²) in [7, 11) is 3.07. The van der Waals surface area contributed by atoms with Crippen molar-refractivity contribution in [1.29, 1.82) is 0 Å². The Bertz CT molecular complexity index is 907. The molecule has 0 aliphatic heterocycles. The molecular weight excluding hydrogens is 340 g/mol. The summed E-state index contributed by atoms with van der Waals surface area (Å²) < 4.78 is 17.0. The molecule has 6 nitrogen and oxygen atoms in total. The maximum absolute atomic E-state index is 12.6. The van der Waals surface area contributed by atoms with E-state index in [1.807, 2.05) is 25.1 Å². The number of nitrogens with zero attached hydrogens (tertiary/aromatic N) is 1. The molecule has 130 valence electrons. The molecule has 0 aliphatic rings. The van der Waals surface area contributed by atoms with Crippen molar-refractivity contribution in [1.82, 2.24) is 4.98 Å². The second-order valence-corrected chi connectivity index (χ2v) is 6.11. The van der Waals surface area contributed by atoms with Crippen LogP contribution in [-0.2, 0) is 0 Å². The van der Waals surface area contributed by atoms with Crippen LogP contribution in [0.2, 0.25) is 0 Å². The van der Waals surface area contributed by atoms with E-state index in [0.717, 1.165) is 10.2 Å². The average molecular weight is 358 g/mol. The van der Waals surface area contributed by atoms with Crippen LogP contribution in [-0.4, -0.2) is 31.7 Å². The largest absolute Gasteiger partial charge is 0.497 e. The van der Waals surface area contributed by atoms with Crippen LogP contribution in [0.15, 0.2) is 36.4 Å². The van der Waals surface area contributed by atoms with Crippen molar-refractivity contribution in [2.75, 3.05) is 26.1 Å². The molecule has 0 aliphatic carbocycles. The van der Waals surface area contributed by atoms with Gasteiger partial charge in [0.25, 0.3) is 5.91 Å². The van der Waals surface area contributed by atoms with Gasteiger partial charge in [-0.25, -0.2) is 4.98 Å². The number of amides is 1. The predicted molar refractivity (Wildman–Crippen MR) is 98.3 cm³/mol. The molecule has 25 heavy (non-hydrogen) atoms. The maximum atomic E-state index is 12.6. The highest BCUT2D eigenvalue weighted by atomic mass is 32.1. The number of hydrogen-bond donors (Lipinski definition) is 1. The number of anilines is 1. The van der Waals surface area contributed by atoms with Crippen molar-refractivity contribution in [3.63, 3.8) is 0 Å². The zero-order chi connectivity index (χ0) is 17.8. The summed E-state index contributed by atoms with van der Waals surface area (Å²) in [4.78, 5) is 17.1. The van der Waals surface area contributed by atoms with E-state index in [2.05, 4.69) is 10.3 Å². The van der Waals surface area contributed by atoms with Crippen LogP contribution in [0.5, 0.6) is 17.2 Å². The quantitative estimate of drug-likeness (QED) is 0.722. The van der Waals surface area contributed by atoms with Gasteiger partial charge in [0.15, 0.2) is 5.13 Å². The normalized spacial score (nSPS) is 10.5. The Morgan fingerprint density at radius 2 is 2.00 bits per heavy atom. The highest BCUT2D eigenvalue weighted by Gasteiger charge is 2.16. The van der Waals surface area contributed by atoms with Crippen LogP contribution in [0.4, 0.5) is 5.13 Å². The zero-order valence-electron chi connectivity index (χ0n) is 14.2. The molecule has 3 rings (SSSR count). The molecule has 0 fully saturated rings. The Morgan fingerprint density at radius 1 is 1.16 bits per heavy atom. The summed E-state index contributed by atoms with van der Waals surface area (Å²) in [6.45, 7) is 2.47. The van der Waals surface area contributed by atoms with Crippen molar-refractivity contribution >= 4 is 32.6 Å². The van der Waals surface area contributed by atoms with Gasteiger partial charge < -0.3 is 14.2 Å². The van der Waals surface area contributed by atoms with Crippen LogP contribution in [0.1, 0.15) is 17.3 Å². The number of rotatable bonds is 6. The molecule has 0 saturated heterocycles. The second-order valence-electron chi connectivity index (χ2n) is 5.08. The van der Waals surface area contributed by atoms with E-state index in [1.165, 1.54) is 18.4 Å². The van der Waals surface area contributed by atoms with Gasteiger partial charge in [-0.3, -0.25) is 10.1 Å². The molecule has 0 atom stereocenters. The third-order valence-electron chi connectivity index (χ3n) is 3.55. The fraction of sp³-hybridized carbons (Fsp3) is 0.222. The highest BCUT2D eigenvalue weighted by molar-refractivity contribution is 7.22. The standard InChI is InChI=1S/C18H18N2O4S/c1-4-24-14-6-5-7-15-16(14)19-18(25-15)20-17(21)12-10-11(22-2)8-9-13(12)23-3/h5-10H,4H2,1-3H3,(H,19,20,21). The molecule has 0 spiro atoms. The van der Waals surface area contributed by atoms with Gasteiger partial charge in [-0.2, -0.15) is 0 Å². The summed E-state index contributed by atoms with van der Waals surface area (Å²) in [5, 5.41) is 3.32. The van der Waals surface area contributed by atoms with Gasteiger partial charge in [0, 0.05) is 0 Å². The molecule has 1 amide bonds. The molecule has 0 bridgehead atoms. The third-order valence-corrected chi connectivity index (χ3v) is 4.49. The molecule has 1 heterocycles. The van der Waals surface area contributed by atoms with E-state index >= 15 is 0 Å². The van der Waals surface area contributed by atoms with E-state index in [-0.39, 0.29) is 5.91 Å². The number of ether oxygens (including phenoxy) is 3. The number of benzene rings is 2. The zero-order valence-corrected chi connectivity index (χ0v) is 15.0. The third kappa shape index (κ3) is 3.51. The first-order valence-electron chi connectivity index (χ1n) is 7.72. The van der Waals surface area contributed by atoms with Crippen molar-refractivity contribution in [2.45, 2.75) is 6.92 Å². The van der Waals surface area contributed by atoms with Crippen LogP contribution < -0.4 is 19.5 Å². The van der Waals surface area contributed by atoms with Gasteiger partial charge in [0.1, 0.15) is 22.8 Å².